The molecule has 0 aromatic heterocycles. The van der Waals surface area contributed by atoms with Gasteiger partial charge in [0.15, 0.2) is 0 Å². The van der Waals surface area contributed by atoms with Crippen molar-refractivity contribution < 1.29 is 19.1 Å². The highest BCUT2D eigenvalue weighted by Crippen LogP contribution is 2.29. The molecule has 7 heteroatoms. The first-order valence-corrected chi connectivity index (χ1v) is 10.3. The first kappa shape index (κ1) is 19.9. The minimum atomic E-state index is -0.217. The molecule has 2 aromatic carbocycles. The number of imide groups is 1. The van der Waals surface area contributed by atoms with Gasteiger partial charge in [-0.3, -0.25) is 19.3 Å². The van der Waals surface area contributed by atoms with Crippen molar-refractivity contribution in [2.24, 2.45) is 0 Å². The summed E-state index contributed by atoms with van der Waals surface area (Å²) in [5.74, 6) is 0.332. The van der Waals surface area contributed by atoms with E-state index in [-0.39, 0.29) is 30.6 Å². The van der Waals surface area contributed by atoms with Crippen molar-refractivity contribution in [3.05, 3.63) is 54.1 Å². The molecule has 2 aliphatic rings. The Kier molecular flexibility index (Phi) is 5.70. The van der Waals surface area contributed by atoms with Gasteiger partial charge in [0.1, 0.15) is 5.75 Å². The van der Waals surface area contributed by atoms with Crippen LogP contribution in [0.1, 0.15) is 30.1 Å². The molecule has 0 unspecified atom stereocenters. The molecule has 30 heavy (non-hydrogen) atoms. The highest BCUT2D eigenvalue weighted by atomic mass is 16.5. The molecule has 2 saturated heterocycles. The van der Waals surface area contributed by atoms with Gasteiger partial charge in [-0.05, 0) is 37.3 Å². The second-order valence-corrected chi connectivity index (χ2v) is 7.35. The second-order valence-electron chi connectivity index (χ2n) is 7.35. The Hall–Kier alpha value is -3.35. The SMILES string of the molecule is CCOc1ccccc1N1CCN(C(=O)c2cccc(N3C(=O)CCC3=O)c2)CC1. The topological polar surface area (TPSA) is 70.2 Å². The maximum Gasteiger partial charge on any atom is 0.254 e. The van der Waals surface area contributed by atoms with Crippen LogP contribution in [0.3, 0.4) is 0 Å². The minimum absolute atomic E-state index is 0.0892. The van der Waals surface area contributed by atoms with E-state index in [1.165, 1.54) is 4.90 Å². The third-order valence-electron chi connectivity index (χ3n) is 5.48. The Morgan fingerprint density at radius 1 is 0.933 bits per heavy atom. The van der Waals surface area contributed by atoms with Crippen LogP contribution in [0, 0.1) is 0 Å². The Bertz CT molecular complexity index is 950. The summed E-state index contributed by atoms with van der Waals surface area (Å²) in [5, 5.41) is 0. The number of carbonyl (C=O) groups is 3. The third kappa shape index (κ3) is 3.87. The summed E-state index contributed by atoms with van der Waals surface area (Å²) < 4.78 is 5.73. The predicted molar refractivity (Wildman–Crippen MR) is 114 cm³/mol. The van der Waals surface area contributed by atoms with Crippen LogP contribution < -0.4 is 14.5 Å². The van der Waals surface area contributed by atoms with Crippen molar-refractivity contribution in [1.29, 1.82) is 0 Å². The number of nitrogens with zero attached hydrogens (tertiary/aromatic N) is 3. The lowest BCUT2D eigenvalue weighted by Gasteiger charge is -2.36. The normalized spacial score (nSPS) is 16.9. The molecule has 0 radical (unpaired) electrons. The van der Waals surface area contributed by atoms with Gasteiger partial charge in [-0.2, -0.15) is 0 Å². The number of carbonyl (C=O) groups excluding carboxylic acids is 3. The first-order valence-electron chi connectivity index (χ1n) is 10.3. The van der Waals surface area contributed by atoms with Crippen LogP contribution in [0.4, 0.5) is 11.4 Å². The lowest BCUT2D eigenvalue weighted by Crippen LogP contribution is -2.48. The van der Waals surface area contributed by atoms with Crippen LogP contribution in [0.5, 0.6) is 5.75 Å². The van der Waals surface area contributed by atoms with Crippen LogP contribution in [0.15, 0.2) is 48.5 Å². The van der Waals surface area contributed by atoms with Gasteiger partial charge in [-0.25, -0.2) is 0 Å². The molecule has 0 atom stereocenters. The van der Waals surface area contributed by atoms with Gasteiger partial charge in [-0.1, -0.05) is 18.2 Å². The molecule has 3 amide bonds. The fourth-order valence-electron chi connectivity index (χ4n) is 3.97. The van der Waals surface area contributed by atoms with Crippen LogP contribution in [-0.2, 0) is 9.59 Å². The summed E-state index contributed by atoms with van der Waals surface area (Å²) >= 11 is 0. The molecule has 0 bridgehead atoms. The van der Waals surface area contributed by atoms with Crippen molar-refractivity contribution in [1.82, 2.24) is 4.90 Å². The standard InChI is InChI=1S/C23H25N3O4/c1-2-30-20-9-4-3-8-19(20)24-12-14-25(15-13-24)23(29)17-6-5-7-18(16-17)26-21(27)10-11-22(26)28/h3-9,16H,2,10-15H2,1H3. The number of ether oxygens (including phenoxy) is 1. The highest BCUT2D eigenvalue weighted by Gasteiger charge is 2.31. The van der Waals surface area contributed by atoms with Gasteiger partial charge >= 0.3 is 0 Å². The summed E-state index contributed by atoms with van der Waals surface area (Å²) in [6.07, 6.45) is 0.449. The fourth-order valence-corrected chi connectivity index (χ4v) is 3.97. The zero-order chi connectivity index (χ0) is 21.1. The van der Waals surface area contributed by atoms with Gasteiger partial charge in [0, 0.05) is 44.6 Å². The lowest BCUT2D eigenvalue weighted by atomic mass is 10.1. The molecule has 2 heterocycles. The van der Waals surface area contributed by atoms with Gasteiger partial charge in [0.05, 0.1) is 18.0 Å². The lowest BCUT2D eigenvalue weighted by molar-refractivity contribution is -0.121. The second kappa shape index (κ2) is 8.57. The van der Waals surface area contributed by atoms with E-state index in [2.05, 4.69) is 4.90 Å². The number of amides is 3. The molecule has 2 aliphatic heterocycles. The number of hydrogen-bond donors (Lipinski definition) is 0. The average molecular weight is 407 g/mol. The van der Waals surface area contributed by atoms with E-state index in [0.717, 1.165) is 11.4 Å². The predicted octanol–water partition coefficient (Wildman–Crippen LogP) is 2.70. The summed E-state index contributed by atoms with van der Waals surface area (Å²) in [6, 6.07) is 14.7. The zero-order valence-electron chi connectivity index (χ0n) is 17.0. The maximum absolute atomic E-state index is 13.0. The number of para-hydroxylation sites is 2. The largest absolute Gasteiger partial charge is 0.492 e. The van der Waals surface area contributed by atoms with Crippen molar-refractivity contribution in [2.75, 3.05) is 42.6 Å². The number of hydrogen-bond acceptors (Lipinski definition) is 5. The number of piperazine rings is 1. The summed E-state index contributed by atoms with van der Waals surface area (Å²) in [7, 11) is 0. The van der Waals surface area contributed by atoms with Crippen molar-refractivity contribution in [3.8, 4) is 5.75 Å². The van der Waals surface area contributed by atoms with E-state index in [9.17, 15) is 14.4 Å². The molecule has 156 valence electrons. The quantitative estimate of drug-likeness (QED) is 0.713. The Balaban J connectivity index is 1.45. The molecule has 2 aromatic rings. The Morgan fingerprint density at radius 3 is 2.33 bits per heavy atom. The molecule has 7 nitrogen and oxygen atoms in total. The van der Waals surface area contributed by atoms with Crippen LogP contribution in [0.2, 0.25) is 0 Å². The monoisotopic (exact) mass is 407 g/mol. The molecular weight excluding hydrogens is 382 g/mol. The molecule has 0 saturated carbocycles. The number of anilines is 2. The minimum Gasteiger partial charge on any atom is -0.492 e. The van der Waals surface area contributed by atoms with E-state index >= 15 is 0 Å². The van der Waals surface area contributed by atoms with Crippen molar-refractivity contribution >= 4 is 29.1 Å². The smallest absolute Gasteiger partial charge is 0.254 e. The van der Waals surface area contributed by atoms with Gasteiger partial charge < -0.3 is 14.5 Å². The summed E-state index contributed by atoms with van der Waals surface area (Å²) in [5.41, 5.74) is 2.00. The van der Waals surface area contributed by atoms with E-state index in [1.807, 2.05) is 36.1 Å². The van der Waals surface area contributed by atoms with E-state index in [4.69, 9.17) is 4.74 Å². The van der Waals surface area contributed by atoms with E-state index < -0.39 is 0 Å². The molecule has 4 rings (SSSR count). The van der Waals surface area contributed by atoms with Crippen LogP contribution in [-0.4, -0.2) is 55.4 Å². The molecule has 0 spiro atoms. The maximum atomic E-state index is 13.0. The average Bonchev–Trinajstić information content (AvgIpc) is 3.12. The van der Waals surface area contributed by atoms with E-state index in [1.54, 1.807) is 24.3 Å². The van der Waals surface area contributed by atoms with Gasteiger partial charge in [0.2, 0.25) is 11.8 Å². The summed E-state index contributed by atoms with van der Waals surface area (Å²) in [4.78, 5) is 42.3. The molecule has 0 N–H and O–H groups in total. The Labute approximate surface area is 175 Å². The highest BCUT2D eigenvalue weighted by molar-refractivity contribution is 6.20. The zero-order valence-corrected chi connectivity index (χ0v) is 17.0. The van der Waals surface area contributed by atoms with Crippen molar-refractivity contribution in [3.63, 3.8) is 0 Å². The van der Waals surface area contributed by atoms with Crippen LogP contribution >= 0.6 is 0 Å². The van der Waals surface area contributed by atoms with Gasteiger partial charge in [-0.15, -0.1) is 0 Å². The molecule has 2 fully saturated rings. The molecular formula is C23H25N3O4. The number of benzene rings is 2. The first-order chi connectivity index (χ1) is 14.6. The van der Waals surface area contributed by atoms with Crippen molar-refractivity contribution in [2.45, 2.75) is 19.8 Å². The summed E-state index contributed by atoms with van der Waals surface area (Å²) in [6.45, 7) is 5.16. The van der Waals surface area contributed by atoms with E-state index in [0.29, 0.717) is 44.0 Å². The molecule has 0 aliphatic carbocycles. The number of rotatable bonds is 5. The Morgan fingerprint density at radius 2 is 1.63 bits per heavy atom. The van der Waals surface area contributed by atoms with Crippen LogP contribution in [0.25, 0.3) is 0 Å². The fraction of sp³-hybridized carbons (Fsp3) is 0.348. The third-order valence-corrected chi connectivity index (χ3v) is 5.48. The van der Waals surface area contributed by atoms with Gasteiger partial charge in [0.25, 0.3) is 5.91 Å².